The number of benzene rings is 1. The average Bonchev–Trinajstić information content (AvgIpc) is 2.27. The van der Waals surface area contributed by atoms with Gasteiger partial charge in [-0.25, -0.2) is 0 Å². The largest absolute Gasteiger partial charge is 0.573 e. The van der Waals surface area contributed by atoms with Crippen molar-refractivity contribution in [1.29, 1.82) is 0 Å². The van der Waals surface area contributed by atoms with Crippen molar-refractivity contribution in [2.45, 2.75) is 12.5 Å². The number of nitrogens with one attached hydrogen (secondary N) is 1. The van der Waals surface area contributed by atoms with E-state index in [9.17, 15) is 13.2 Å². The topological polar surface area (TPSA) is 61.7 Å². The fourth-order valence-electron chi connectivity index (χ4n) is 1.12. The normalized spacial score (nSPS) is 13.2. The zero-order valence-electron chi connectivity index (χ0n) is 9.04. The van der Waals surface area contributed by atoms with Crippen LogP contribution in [0.25, 0.3) is 0 Å². The smallest absolute Gasteiger partial charge is 0.405 e. The Balaban J connectivity index is 2.67. The number of aliphatic hydroxyl groups excluding tert-OH is 2. The van der Waals surface area contributed by atoms with Crippen molar-refractivity contribution in [2.24, 2.45) is 0 Å². The molecular formula is C10H11BrF3NO3. The van der Waals surface area contributed by atoms with Crippen LogP contribution in [-0.2, 0) is 0 Å². The van der Waals surface area contributed by atoms with E-state index >= 15 is 0 Å². The number of hydrogen-bond acceptors (Lipinski definition) is 4. The van der Waals surface area contributed by atoms with Gasteiger partial charge in [0.1, 0.15) is 5.75 Å². The lowest BCUT2D eigenvalue weighted by Gasteiger charge is -2.13. The molecule has 1 aromatic carbocycles. The molecule has 0 aliphatic heterocycles. The van der Waals surface area contributed by atoms with Gasteiger partial charge >= 0.3 is 6.36 Å². The maximum Gasteiger partial charge on any atom is 0.573 e. The van der Waals surface area contributed by atoms with Crippen LogP contribution >= 0.6 is 15.9 Å². The van der Waals surface area contributed by atoms with Crippen molar-refractivity contribution in [2.75, 3.05) is 18.5 Å². The van der Waals surface area contributed by atoms with Crippen LogP contribution in [0.4, 0.5) is 18.9 Å². The first-order valence-electron chi connectivity index (χ1n) is 4.90. The first-order valence-corrected chi connectivity index (χ1v) is 5.69. The highest BCUT2D eigenvalue weighted by Crippen LogP contribution is 2.32. The minimum atomic E-state index is -4.75. The van der Waals surface area contributed by atoms with Crippen molar-refractivity contribution in [3.05, 3.63) is 22.7 Å². The van der Waals surface area contributed by atoms with Gasteiger partial charge in [0.15, 0.2) is 0 Å². The molecule has 0 amide bonds. The maximum absolute atomic E-state index is 12.0. The molecule has 0 aliphatic rings. The summed E-state index contributed by atoms with van der Waals surface area (Å²) in [4.78, 5) is 0. The Morgan fingerprint density at radius 2 is 2.06 bits per heavy atom. The second kappa shape index (κ2) is 6.26. The molecular weight excluding hydrogens is 319 g/mol. The molecule has 3 N–H and O–H groups in total. The maximum atomic E-state index is 12.0. The molecule has 0 saturated heterocycles. The summed E-state index contributed by atoms with van der Waals surface area (Å²) in [6, 6.07) is 3.90. The summed E-state index contributed by atoms with van der Waals surface area (Å²) in [6.07, 6.45) is -5.68. The monoisotopic (exact) mass is 329 g/mol. The second-order valence-corrected chi connectivity index (χ2v) is 4.26. The lowest BCUT2D eigenvalue weighted by Crippen LogP contribution is -2.23. The van der Waals surface area contributed by atoms with Gasteiger partial charge in [0.05, 0.1) is 17.2 Å². The van der Waals surface area contributed by atoms with E-state index in [-0.39, 0.29) is 16.8 Å². The molecule has 0 radical (unpaired) electrons. The van der Waals surface area contributed by atoms with Crippen LogP contribution in [0.2, 0.25) is 0 Å². The van der Waals surface area contributed by atoms with Gasteiger partial charge in [-0.1, -0.05) is 0 Å². The molecule has 1 aromatic rings. The minimum absolute atomic E-state index is 0.0857. The third-order valence-corrected chi connectivity index (χ3v) is 2.53. The molecule has 8 heteroatoms. The molecule has 0 aromatic heterocycles. The molecule has 4 nitrogen and oxygen atoms in total. The van der Waals surface area contributed by atoms with Gasteiger partial charge in [-0.05, 0) is 34.1 Å². The van der Waals surface area contributed by atoms with Gasteiger partial charge in [-0.2, -0.15) is 0 Å². The summed E-state index contributed by atoms with van der Waals surface area (Å²) >= 11 is 2.95. The van der Waals surface area contributed by atoms with Crippen molar-refractivity contribution >= 4 is 21.6 Å². The van der Waals surface area contributed by atoms with Crippen molar-refractivity contribution in [3.8, 4) is 5.75 Å². The fourth-order valence-corrected chi connectivity index (χ4v) is 1.58. The van der Waals surface area contributed by atoms with Gasteiger partial charge in [0.2, 0.25) is 0 Å². The lowest BCUT2D eigenvalue weighted by atomic mass is 10.3. The SMILES string of the molecule is OCC(O)CNc1ccc(OC(F)(F)F)c(Br)c1. The summed E-state index contributed by atoms with van der Waals surface area (Å²) < 4.78 is 39.9. The zero-order valence-corrected chi connectivity index (χ0v) is 10.6. The van der Waals surface area contributed by atoms with Crippen molar-refractivity contribution in [1.82, 2.24) is 0 Å². The number of rotatable bonds is 5. The average molecular weight is 330 g/mol. The Hall–Kier alpha value is -0.990. The van der Waals surface area contributed by atoms with Gasteiger partial charge < -0.3 is 20.3 Å². The Kier molecular flexibility index (Phi) is 5.24. The van der Waals surface area contributed by atoms with E-state index in [1.165, 1.54) is 12.1 Å². The highest BCUT2D eigenvalue weighted by molar-refractivity contribution is 9.10. The molecule has 0 saturated carbocycles. The number of aliphatic hydroxyl groups is 2. The predicted octanol–water partition coefficient (Wildman–Crippen LogP) is 2.11. The molecule has 1 unspecified atom stereocenters. The van der Waals surface area contributed by atoms with E-state index in [1.807, 2.05) is 0 Å². The number of hydrogen-bond donors (Lipinski definition) is 3. The number of ether oxygens (including phenoxy) is 1. The zero-order chi connectivity index (χ0) is 13.8. The molecule has 0 fully saturated rings. The number of anilines is 1. The van der Waals surface area contributed by atoms with Crippen LogP contribution in [0.15, 0.2) is 22.7 Å². The molecule has 0 spiro atoms. The fraction of sp³-hybridized carbons (Fsp3) is 0.400. The Labute approximate surface area is 110 Å². The third-order valence-electron chi connectivity index (χ3n) is 1.91. The summed E-state index contributed by atoms with van der Waals surface area (Å²) in [5, 5.41) is 20.4. The van der Waals surface area contributed by atoms with E-state index in [0.717, 1.165) is 6.07 Å². The van der Waals surface area contributed by atoms with Gasteiger partial charge in [-0.3, -0.25) is 0 Å². The Morgan fingerprint density at radius 1 is 1.39 bits per heavy atom. The Morgan fingerprint density at radius 3 is 2.56 bits per heavy atom. The van der Waals surface area contributed by atoms with Crippen LogP contribution in [0.5, 0.6) is 5.75 Å². The van der Waals surface area contributed by atoms with E-state index in [2.05, 4.69) is 26.0 Å². The number of halogens is 4. The quantitative estimate of drug-likeness (QED) is 0.774. The molecule has 0 bridgehead atoms. The van der Waals surface area contributed by atoms with E-state index in [0.29, 0.717) is 5.69 Å². The van der Waals surface area contributed by atoms with Gasteiger partial charge in [0, 0.05) is 12.2 Å². The highest BCUT2D eigenvalue weighted by atomic mass is 79.9. The highest BCUT2D eigenvalue weighted by Gasteiger charge is 2.31. The van der Waals surface area contributed by atoms with Crippen LogP contribution < -0.4 is 10.1 Å². The first-order chi connectivity index (χ1) is 8.31. The first kappa shape index (κ1) is 15.1. The van der Waals surface area contributed by atoms with E-state index in [1.54, 1.807) is 0 Å². The van der Waals surface area contributed by atoms with Gasteiger partial charge in [-0.15, -0.1) is 13.2 Å². The van der Waals surface area contributed by atoms with E-state index in [4.69, 9.17) is 10.2 Å². The summed E-state index contributed by atoms with van der Waals surface area (Å²) in [7, 11) is 0. The molecule has 1 rings (SSSR count). The number of alkyl halides is 3. The molecule has 18 heavy (non-hydrogen) atoms. The predicted molar refractivity (Wildman–Crippen MR) is 62.4 cm³/mol. The second-order valence-electron chi connectivity index (χ2n) is 3.41. The van der Waals surface area contributed by atoms with Gasteiger partial charge in [0.25, 0.3) is 0 Å². The summed E-state index contributed by atoms with van der Waals surface area (Å²) in [5.41, 5.74) is 0.490. The minimum Gasteiger partial charge on any atom is -0.405 e. The van der Waals surface area contributed by atoms with Crippen LogP contribution in [0.3, 0.4) is 0 Å². The Bertz CT molecular complexity index is 400. The van der Waals surface area contributed by atoms with Crippen molar-refractivity contribution in [3.63, 3.8) is 0 Å². The molecule has 102 valence electrons. The lowest BCUT2D eigenvalue weighted by molar-refractivity contribution is -0.274. The summed E-state index contributed by atoms with van der Waals surface area (Å²) in [6.45, 7) is -0.314. The van der Waals surface area contributed by atoms with E-state index < -0.39 is 19.1 Å². The molecule has 0 aliphatic carbocycles. The third kappa shape index (κ3) is 5.11. The molecule has 1 atom stereocenters. The van der Waals surface area contributed by atoms with Crippen LogP contribution in [0, 0.1) is 0 Å². The van der Waals surface area contributed by atoms with Crippen LogP contribution in [-0.4, -0.2) is 35.8 Å². The standard InChI is InChI=1S/C10H11BrF3NO3/c11-8-3-6(15-4-7(17)5-16)1-2-9(8)18-10(12,13)14/h1-3,7,15-17H,4-5H2. The molecule has 0 heterocycles. The summed E-state index contributed by atoms with van der Waals surface area (Å²) in [5.74, 6) is -0.351. The van der Waals surface area contributed by atoms with Crippen LogP contribution in [0.1, 0.15) is 0 Å². The van der Waals surface area contributed by atoms with Crippen molar-refractivity contribution < 1.29 is 28.1 Å².